The molecule has 0 unspecified atom stereocenters. The van der Waals surface area contributed by atoms with Gasteiger partial charge in [-0.1, -0.05) is 72.8 Å². The largest absolute Gasteiger partial charge is 0.289 e. The fraction of sp³-hybridized carbons (Fsp3) is 0.154. The molecule has 0 N–H and O–H groups in total. The molecule has 3 rings (SSSR count). The minimum atomic E-state index is -0.0736. The molecule has 2 heteroatoms. The molecule has 0 fully saturated rings. The van der Waals surface area contributed by atoms with Crippen molar-refractivity contribution in [2.75, 3.05) is 0 Å². The molecule has 1 heterocycles. The molecular formula is C26H25NO. The third kappa shape index (κ3) is 4.52. The van der Waals surface area contributed by atoms with Crippen LogP contribution >= 0.6 is 0 Å². The van der Waals surface area contributed by atoms with Gasteiger partial charge in [-0.25, -0.2) is 0 Å². The van der Waals surface area contributed by atoms with Crippen LogP contribution in [0.3, 0.4) is 0 Å². The number of benzene rings is 2. The Morgan fingerprint density at radius 2 is 1.79 bits per heavy atom. The van der Waals surface area contributed by atoms with E-state index in [4.69, 9.17) is 0 Å². The van der Waals surface area contributed by atoms with Gasteiger partial charge in [-0.2, -0.15) is 0 Å². The summed E-state index contributed by atoms with van der Waals surface area (Å²) in [6.07, 6.45) is 10.9. The van der Waals surface area contributed by atoms with Crippen LogP contribution in [0.25, 0.3) is 5.57 Å². The SMILES string of the molecule is C=C/C(C(=O)/C=C/C1=CCCC=N1)=C(/c1ccc(C)cc1)c1ccccc1C. The first-order valence-corrected chi connectivity index (χ1v) is 9.55. The minimum absolute atomic E-state index is 0.0736. The fourth-order valence-electron chi connectivity index (χ4n) is 3.25. The van der Waals surface area contributed by atoms with Crippen LogP contribution in [0.1, 0.15) is 35.1 Å². The van der Waals surface area contributed by atoms with Crippen LogP contribution in [-0.4, -0.2) is 12.0 Å². The first-order valence-electron chi connectivity index (χ1n) is 9.55. The van der Waals surface area contributed by atoms with Gasteiger partial charge in [0.15, 0.2) is 5.78 Å². The van der Waals surface area contributed by atoms with Gasteiger partial charge >= 0.3 is 0 Å². The number of hydrogen-bond acceptors (Lipinski definition) is 2. The van der Waals surface area contributed by atoms with Gasteiger partial charge in [0.05, 0.1) is 5.70 Å². The van der Waals surface area contributed by atoms with Crippen LogP contribution in [0.5, 0.6) is 0 Å². The highest BCUT2D eigenvalue weighted by Gasteiger charge is 2.16. The second-order valence-electron chi connectivity index (χ2n) is 6.89. The lowest BCUT2D eigenvalue weighted by atomic mass is 9.88. The Bertz CT molecular complexity index is 1000. The fourth-order valence-corrected chi connectivity index (χ4v) is 3.25. The third-order valence-electron chi connectivity index (χ3n) is 4.79. The highest BCUT2D eigenvalue weighted by Crippen LogP contribution is 2.31. The van der Waals surface area contributed by atoms with Gasteiger partial charge < -0.3 is 0 Å². The second-order valence-corrected chi connectivity index (χ2v) is 6.89. The molecule has 140 valence electrons. The molecule has 1 aliphatic heterocycles. The molecular weight excluding hydrogens is 342 g/mol. The summed E-state index contributed by atoms with van der Waals surface area (Å²) in [6.45, 7) is 8.06. The normalized spacial score (nSPS) is 14.6. The Hall–Kier alpha value is -3.26. The Labute approximate surface area is 167 Å². The summed E-state index contributed by atoms with van der Waals surface area (Å²) < 4.78 is 0. The van der Waals surface area contributed by atoms with Gasteiger partial charge in [-0.3, -0.25) is 9.79 Å². The third-order valence-corrected chi connectivity index (χ3v) is 4.79. The Kier molecular flexibility index (Phi) is 6.33. The first kappa shape index (κ1) is 19.5. The summed E-state index contributed by atoms with van der Waals surface area (Å²) in [4.78, 5) is 17.4. The van der Waals surface area contributed by atoms with Crippen molar-refractivity contribution in [2.45, 2.75) is 26.7 Å². The number of carbonyl (C=O) groups is 1. The van der Waals surface area contributed by atoms with Gasteiger partial charge in [0.25, 0.3) is 0 Å². The first-order chi connectivity index (χ1) is 13.6. The average molecular weight is 367 g/mol. The molecule has 0 saturated carbocycles. The highest BCUT2D eigenvalue weighted by atomic mass is 16.1. The van der Waals surface area contributed by atoms with Gasteiger partial charge in [0.1, 0.15) is 0 Å². The van der Waals surface area contributed by atoms with Gasteiger partial charge in [0, 0.05) is 17.4 Å². The lowest BCUT2D eigenvalue weighted by Gasteiger charge is -2.15. The summed E-state index contributed by atoms with van der Waals surface area (Å²) >= 11 is 0. The number of nitrogens with zero attached hydrogens (tertiary/aromatic N) is 1. The van der Waals surface area contributed by atoms with E-state index in [2.05, 4.69) is 61.8 Å². The zero-order valence-electron chi connectivity index (χ0n) is 16.5. The predicted molar refractivity (Wildman–Crippen MR) is 119 cm³/mol. The van der Waals surface area contributed by atoms with Crippen LogP contribution in [0.4, 0.5) is 0 Å². The minimum Gasteiger partial charge on any atom is -0.289 e. The summed E-state index contributed by atoms with van der Waals surface area (Å²) in [5.41, 5.74) is 6.67. The predicted octanol–water partition coefficient (Wildman–Crippen LogP) is 6.17. The molecule has 0 bridgehead atoms. The van der Waals surface area contributed by atoms with Crippen molar-refractivity contribution in [3.05, 3.63) is 113 Å². The zero-order chi connectivity index (χ0) is 19.9. The molecule has 2 aromatic rings. The van der Waals surface area contributed by atoms with Crippen LogP contribution in [0.15, 0.2) is 95.7 Å². The smallest absolute Gasteiger partial charge is 0.186 e. The Morgan fingerprint density at radius 1 is 1.04 bits per heavy atom. The van der Waals surface area contributed by atoms with Crippen molar-refractivity contribution < 1.29 is 4.79 Å². The van der Waals surface area contributed by atoms with Crippen molar-refractivity contribution >= 4 is 17.6 Å². The second kappa shape index (κ2) is 9.09. The van der Waals surface area contributed by atoms with Gasteiger partial charge in [0.2, 0.25) is 0 Å². The van der Waals surface area contributed by atoms with E-state index in [0.29, 0.717) is 5.57 Å². The molecule has 0 atom stereocenters. The monoisotopic (exact) mass is 367 g/mol. The van der Waals surface area contributed by atoms with Gasteiger partial charge in [-0.15, -0.1) is 0 Å². The molecule has 2 aromatic carbocycles. The van der Waals surface area contributed by atoms with E-state index in [1.165, 1.54) is 5.56 Å². The molecule has 0 amide bonds. The lowest BCUT2D eigenvalue weighted by molar-refractivity contribution is -0.111. The van der Waals surface area contributed by atoms with Crippen molar-refractivity contribution in [1.29, 1.82) is 0 Å². The van der Waals surface area contributed by atoms with E-state index in [-0.39, 0.29) is 5.78 Å². The number of ketones is 1. The zero-order valence-corrected chi connectivity index (χ0v) is 16.5. The Balaban J connectivity index is 2.11. The van der Waals surface area contributed by atoms with Crippen molar-refractivity contribution in [2.24, 2.45) is 4.99 Å². The van der Waals surface area contributed by atoms with E-state index >= 15 is 0 Å². The van der Waals surface area contributed by atoms with Crippen LogP contribution in [0, 0.1) is 13.8 Å². The molecule has 28 heavy (non-hydrogen) atoms. The van der Waals surface area contributed by atoms with Crippen molar-refractivity contribution in [3.63, 3.8) is 0 Å². The standard InChI is InChI=1S/C26H25NO/c1-4-23(25(28)17-16-22-10-7-8-18-27-22)26(21-14-12-19(2)13-15-21)24-11-6-5-9-20(24)3/h4-6,9-18H,1,7-8H2,2-3H3/b17-16+,26-23+. The van der Waals surface area contributed by atoms with E-state index < -0.39 is 0 Å². The average Bonchev–Trinajstić information content (AvgIpc) is 2.72. The molecule has 1 aliphatic rings. The van der Waals surface area contributed by atoms with Crippen LogP contribution in [0.2, 0.25) is 0 Å². The quantitative estimate of drug-likeness (QED) is 0.444. The molecule has 0 radical (unpaired) electrons. The number of allylic oxidation sites excluding steroid dienone is 5. The highest BCUT2D eigenvalue weighted by molar-refractivity contribution is 6.13. The summed E-state index contributed by atoms with van der Waals surface area (Å²) in [6, 6.07) is 16.4. The molecule has 2 nitrogen and oxygen atoms in total. The number of carbonyl (C=O) groups excluding carboxylic acids is 1. The van der Waals surface area contributed by atoms with Crippen molar-refractivity contribution in [1.82, 2.24) is 0 Å². The maximum atomic E-state index is 13.1. The molecule has 0 aliphatic carbocycles. The molecule has 0 spiro atoms. The number of rotatable bonds is 6. The Morgan fingerprint density at radius 3 is 2.43 bits per heavy atom. The number of aryl methyl sites for hydroxylation is 2. The topological polar surface area (TPSA) is 29.4 Å². The van der Waals surface area contributed by atoms with E-state index in [9.17, 15) is 4.79 Å². The maximum absolute atomic E-state index is 13.1. The molecule has 0 saturated heterocycles. The van der Waals surface area contributed by atoms with E-state index in [0.717, 1.165) is 40.8 Å². The summed E-state index contributed by atoms with van der Waals surface area (Å²) in [5.74, 6) is -0.0736. The van der Waals surface area contributed by atoms with Gasteiger partial charge in [-0.05, 0) is 55.5 Å². The van der Waals surface area contributed by atoms with Crippen LogP contribution in [-0.2, 0) is 4.79 Å². The lowest BCUT2D eigenvalue weighted by Crippen LogP contribution is -2.03. The van der Waals surface area contributed by atoms with Crippen molar-refractivity contribution in [3.8, 4) is 0 Å². The van der Waals surface area contributed by atoms with E-state index in [1.54, 1.807) is 18.2 Å². The number of aliphatic imine (C=N–C) groups is 1. The van der Waals surface area contributed by atoms with E-state index in [1.807, 2.05) is 24.4 Å². The van der Waals surface area contributed by atoms with Crippen LogP contribution < -0.4 is 0 Å². The summed E-state index contributed by atoms with van der Waals surface area (Å²) in [7, 11) is 0. The number of hydrogen-bond donors (Lipinski definition) is 0. The maximum Gasteiger partial charge on any atom is 0.186 e. The molecule has 0 aromatic heterocycles. The summed E-state index contributed by atoms with van der Waals surface area (Å²) in [5, 5.41) is 0.